The van der Waals surface area contributed by atoms with Crippen LogP contribution >= 0.6 is 0 Å². The second-order valence-corrected chi connectivity index (χ2v) is 4.73. The van der Waals surface area contributed by atoms with E-state index < -0.39 is 0 Å². The van der Waals surface area contributed by atoms with Crippen LogP contribution in [0.5, 0.6) is 0 Å². The zero-order valence-electron chi connectivity index (χ0n) is 11.7. The molecule has 2 unspecified atom stereocenters. The van der Waals surface area contributed by atoms with E-state index in [-0.39, 0.29) is 6.10 Å². The van der Waals surface area contributed by atoms with Gasteiger partial charge in [0.25, 0.3) is 0 Å². The molecule has 2 heteroatoms. The Labute approximate surface area is 102 Å². The molecule has 0 bridgehead atoms. The predicted molar refractivity (Wildman–Crippen MR) is 71.8 cm³/mol. The number of rotatable bonds is 10. The van der Waals surface area contributed by atoms with Gasteiger partial charge in [-0.05, 0) is 26.4 Å². The first-order chi connectivity index (χ1) is 7.67. The number of unbranched alkanes of at least 4 members (excludes halogenated alkanes) is 4. The topological polar surface area (TPSA) is 23.5 Å². The smallest absolute Gasteiger partial charge is 0.0667 e. The highest BCUT2D eigenvalue weighted by Gasteiger charge is 2.19. The Morgan fingerprint density at radius 3 is 1.94 bits per heavy atom. The van der Waals surface area contributed by atoms with Crippen LogP contribution in [0, 0.1) is 0 Å². The molecule has 0 aromatic heterocycles. The molecule has 0 heterocycles. The summed E-state index contributed by atoms with van der Waals surface area (Å²) in [5.41, 5.74) is 0. The molecular weight excluding hydrogens is 198 g/mol. The number of aliphatic hydroxyl groups is 1. The average molecular weight is 229 g/mol. The van der Waals surface area contributed by atoms with Crippen molar-refractivity contribution in [2.45, 2.75) is 78.4 Å². The molecule has 2 nitrogen and oxygen atoms in total. The third kappa shape index (κ3) is 6.49. The van der Waals surface area contributed by atoms with E-state index in [1.165, 1.54) is 32.1 Å². The highest BCUT2D eigenvalue weighted by atomic mass is 16.3. The number of aliphatic hydroxyl groups excluding tert-OH is 1. The van der Waals surface area contributed by atoms with E-state index in [1.54, 1.807) is 0 Å². The third-order valence-corrected chi connectivity index (χ3v) is 3.44. The molecule has 0 rings (SSSR count). The number of nitrogens with zero attached hydrogens (tertiary/aromatic N) is 1. The van der Waals surface area contributed by atoms with Crippen LogP contribution in [-0.2, 0) is 0 Å². The van der Waals surface area contributed by atoms with Crippen molar-refractivity contribution in [3.05, 3.63) is 0 Å². The lowest BCUT2D eigenvalue weighted by Crippen LogP contribution is -2.42. The fraction of sp³-hybridized carbons (Fsp3) is 1.00. The maximum Gasteiger partial charge on any atom is 0.0667 e. The molecular formula is C14H31NO. The summed E-state index contributed by atoms with van der Waals surface area (Å²) in [6.45, 7) is 10.6. The molecule has 0 radical (unpaired) electrons. The first-order valence-corrected chi connectivity index (χ1v) is 7.09. The van der Waals surface area contributed by atoms with Crippen LogP contribution in [0.25, 0.3) is 0 Å². The third-order valence-electron chi connectivity index (χ3n) is 3.44. The van der Waals surface area contributed by atoms with E-state index in [0.717, 1.165) is 19.5 Å². The van der Waals surface area contributed by atoms with Crippen molar-refractivity contribution in [2.75, 3.05) is 13.1 Å². The highest BCUT2D eigenvalue weighted by molar-refractivity contribution is 4.75. The molecule has 0 spiro atoms. The Morgan fingerprint density at radius 2 is 1.50 bits per heavy atom. The van der Waals surface area contributed by atoms with Crippen molar-refractivity contribution in [1.82, 2.24) is 4.90 Å². The van der Waals surface area contributed by atoms with E-state index in [4.69, 9.17) is 0 Å². The Morgan fingerprint density at radius 1 is 0.938 bits per heavy atom. The van der Waals surface area contributed by atoms with E-state index in [9.17, 15) is 5.11 Å². The molecule has 2 atom stereocenters. The number of hydrogen-bond acceptors (Lipinski definition) is 2. The zero-order valence-corrected chi connectivity index (χ0v) is 11.7. The van der Waals surface area contributed by atoms with E-state index >= 15 is 0 Å². The minimum Gasteiger partial charge on any atom is -0.392 e. The quantitative estimate of drug-likeness (QED) is 0.580. The first-order valence-electron chi connectivity index (χ1n) is 7.09. The lowest BCUT2D eigenvalue weighted by Gasteiger charge is -2.31. The van der Waals surface area contributed by atoms with Gasteiger partial charge in [-0.1, -0.05) is 52.9 Å². The molecule has 1 N–H and O–H groups in total. The molecule has 0 fully saturated rings. The van der Waals surface area contributed by atoms with E-state index in [1.807, 2.05) is 6.92 Å². The molecule has 0 aliphatic heterocycles. The van der Waals surface area contributed by atoms with E-state index in [2.05, 4.69) is 25.7 Å². The Balaban J connectivity index is 3.85. The van der Waals surface area contributed by atoms with Crippen molar-refractivity contribution < 1.29 is 5.11 Å². The summed E-state index contributed by atoms with van der Waals surface area (Å²) >= 11 is 0. The molecule has 0 saturated carbocycles. The molecule has 98 valence electrons. The van der Waals surface area contributed by atoms with Gasteiger partial charge in [0.2, 0.25) is 0 Å². The van der Waals surface area contributed by atoms with Crippen LogP contribution in [0.1, 0.15) is 66.2 Å². The highest BCUT2D eigenvalue weighted by Crippen LogP contribution is 2.14. The second kappa shape index (κ2) is 10.1. The summed E-state index contributed by atoms with van der Waals surface area (Å²) in [6, 6.07) is 0.358. The van der Waals surface area contributed by atoms with Gasteiger partial charge >= 0.3 is 0 Å². The number of likely N-dealkylation sites (N-methyl/N-ethyl adjacent to an activating group) is 1. The molecule has 0 aliphatic rings. The Bertz CT molecular complexity index is 144. The van der Waals surface area contributed by atoms with Crippen LogP contribution in [0.3, 0.4) is 0 Å². The maximum absolute atomic E-state index is 9.81. The van der Waals surface area contributed by atoms with Crippen LogP contribution in [0.4, 0.5) is 0 Å². The van der Waals surface area contributed by atoms with Crippen molar-refractivity contribution in [3.8, 4) is 0 Å². The van der Waals surface area contributed by atoms with Gasteiger partial charge < -0.3 is 5.11 Å². The molecule has 0 aromatic carbocycles. The summed E-state index contributed by atoms with van der Waals surface area (Å²) in [7, 11) is 0. The summed E-state index contributed by atoms with van der Waals surface area (Å²) in [6.07, 6.45) is 7.51. The largest absolute Gasteiger partial charge is 0.392 e. The Hall–Kier alpha value is -0.0800. The fourth-order valence-electron chi connectivity index (χ4n) is 2.38. The first kappa shape index (κ1) is 15.9. The summed E-state index contributed by atoms with van der Waals surface area (Å²) in [5.74, 6) is 0. The van der Waals surface area contributed by atoms with Crippen molar-refractivity contribution in [3.63, 3.8) is 0 Å². The van der Waals surface area contributed by atoms with Crippen molar-refractivity contribution in [2.24, 2.45) is 0 Å². The minimum atomic E-state index is -0.203. The van der Waals surface area contributed by atoms with Gasteiger partial charge in [0.05, 0.1) is 6.10 Å². The SMILES string of the molecule is CCCCCCCC(C(C)O)N(CC)CC. The summed E-state index contributed by atoms with van der Waals surface area (Å²) in [5, 5.41) is 9.81. The van der Waals surface area contributed by atoms with Crippen molar-refractivity contribution in [1.29, 1.82) is 0 Å². The van der Waals surface area contributed by atoms with Gasteiger partial charge in [-0.3, -0.25) is 4.90 Å². The van der Waals surface area contributed by atoms with E-state index in [0.29, 0.717) is 6.04 Å². The second-order valence-electron chi connectivity index (χ2n) is 4.73. The van der Waals surface area contributed by atoms with Crippen LogP contribution < -0.4 is 0 Å². The zero-order chi connectivity index (χ0) is 12.4. The lowest BCUT2D eigenvalue weighted by molar-refractivity contribution is 0.0601. The van der Waals surface area contributed by atoms with Crippen LogP contribution in [0.15, 0.2) is 0 Å². The van der Waals surface area contributed by atoms with Gasteiger partial charge in [0.15, 0.2) is 0 Å². The molecule has 0 amide bonds. The standard InChI is InChI=1S/C14H31NO/c1-5-8-9-10-11-12-14(13(4)16)15(6-2)7-3/h13-14,16H,5-12H2,1-4H3. The van der Waals surface area contributed by atoms with Gasteiger partial charge in [0.1, 0.15) is 0 Å². The summed E-state index contributed by atoms with van der Waals surface area (Å²) in [4.78, 5) is 2.38. The van der Waals surface area contributed by atoms with Gasteiger partial charge in [-0.2, -0.15) is 0 Å². The molecule has 0 aromatic rings. The molecule has 16 heavy (non-hydrogen) atoms. The monoisotopic (exact) mass is 229 g/mol. The molecule has 0 aliphatic carbocycles. The van der Waals surface area contributed by atoms with Gasteiger partial charge in [-0.25, -0.2) is 0 Å². The maximum atomic E-state index is 9.81. The number of hydrogen-bond donors (Lipinski definition) is 1. The van der Waals surface area contributed by atoms with Gasteiger partial charge in [0, 0.05) is 6.04 Å². The van der Waals surface area contributed by atoms with Crippen LogP contribution in [0.2, 0.25) is 0 Å². The normalized spacial score (nSPS) is 15.4. The lowest BCUT2D eigenvalue weighted by atomic mass is 10.0. The minimum absolute atomic E-state index is 0.203. The van der Waals surface area contributed by atoms with Crippen molar-refractivity contribution >= 4 is 0 Å². The summed E-state index contributed by atoms with van der Waals surface area (Å²) < 4.78 is 0. The molecule has 0 saturated heterocycles. The van der Waals surface area contributed by atoms with Gasteiger partial charge in [-0.15, -0.1) is 0 Å². The Kier molecular flexibility index (Phi) is 10.0. The average Bonchev–Trinajstić information content (AvgIpc) is 2.27. The predicted octanol–water partition coefficient (Wildman–Crippen LogP) is 3.44. The van der Waals surface area contributed by atoms with Crippen LogP contribution in [-0.4, -0.2) is 35.2 Å². The fourth-order valence-corrected chi connectivity index (χ4v) is 2.38.